The van der Waals surface area contributed by atoms with E-state index in [-0.39, 0.29) is 24.0 Å². The minimum Gasteiger partial charge on any atom is -0.370 e. The van der Waals surface area contributed by atoms with Gasteiger partial charge in [-0.15, -0.1) is 35.3 Å². The zero-order valence-corrected chi connectivity index (χ0v) is 17.0. The molecule has 1 aliphatic heterocycles. The van der Waals surface area contributed by atoms with Crippen LogP contribution in [-0.2, 0) is 13.0 Å². The zero-order valence-electron chi connectivity index (χ0n) is 13.9. The summed E-state index contributed by atoms with van der Waals surface area (Å²) in [6, 6.07) is 8.43. The Balaban J connectivity index is 0.00000208. The van der Waals surface area contributed by atoms with Gasteiger partial charge in [0.1, 0.15) is 0 Å². The number of halogens is 1. The molecule has 0 saturated carbocycles. The Bertz CT molecular complexity index is 651. The van der Waals surface area contributed by atoms with Gasteiger partial charge in [0.25, 0.3) is 0 Å². The number of aliphatic imine (C=N–C) groups is 1. The van der Waals surface area contributed by atoms with Crippen molar-refractivity contribution in [2.24, 2.45) is 10.7 Å². The molecule has 1 aromatic heterocycles. The number of nitrogens with zero attached hydrogens (tertiary/aromatic N) is 4. The van der Waals surface area contributed by atoms with Gasteiger partial charge < -0.3 is 15.5 Å². The second-order valence-electron chi connectivity index (χ2n) is 5.59. The number of rotatable bonds is 4. The molecule has 2 aromatic rings. The fourth-order valence-corrected chi connectivity index (χ4v) is 3.52. The van der Waals surface area contributed by atoms with Gasteiger partial charge in [0.05, 0.1) is 6.54 Å². The summed E-state index contributed by atoms with van der Waals surface area (Å²) in [5, 5.41) is 3.11. The van der Waals surface area contributed by atoms with E-state index in [1.165, 1.54) is 11.1 Å². The summed E-state index contributed by atoms with van der Waals surface area (Å²) in [5.74, 6) is 0.648. The van der Waals surface area contributed by atoms with Crippen LogP contribution in [-0.4, -0.2) is 42.0 Å². The Labute approximate surface area is 164 Å². The monoisotopic (exact) mass is 457 g/mol. The van der Waals surface area contributed by atoms with Crippen LogP contribution in [0.4, 0.5) is 5.13 Å². The molecule has 1 fully saturated rings. The molecule has 0 aliphatic carbocycles. The van der Waals surface area contributed by atoms with E-state index in [4.69, 9.17) is 5.73 Å². The van der Waals surface area contributed by atoms with Crippen molar-refractivity contribution in [3.8, 4) is 0 Å². The number of benzene rings is 1. The van der Waals surface area contributed by atoms with E-state index in [1.807, 2.05) is 11.6 Å². The molecule has 1 aliphatic rings. The normalized spacial score (nSPS) is 15.3. The molecule has 7 heteroatoms. The fourth-order valence-electron chi connectivity index (χ4n) is 2.82. The van der Waals surface area contributed by atoms with Crippen molar-refractivity contribution in [3.63, 3.8) is 0 Å². The second-order valence-corrected chi connectivity index (χ2v) is 6.46. The molecule has 1 saturated heterocycles. The first kappa shape index (κ1) is 19.0. The van der Waals surface area contributed by atoms with E-state index in [1.54, 1.807) is 11.3 Å². The Morgan fingerprint density at radius 3 is 2.54 bits per heavy atom. The first-order chi connectivity index (χ1) is 11.3. The maximum atomic E-state index is 6.20. The van der Waals surface area contributed by atoms with E-state index >= 15 is 0 Å². The smallest absolute Gasteiger partial charge is 0.191 e. The van der Waals surface area contributed by atoms with Crippen molar-refractivity contribution in [1.82, 2.24) is 9.88 Å². The van der Waals surface area contributed by atoms with Crippen LogP contribution in [0.25, 0.3) is 0 Å². The minimum atomic E-state index is 0. The molecule has 24 heavy (non-hydrogen) atoms. The van der Waals surface area contributed by atoms with Gasteiger partial charge in [-0.05, 0) is 17.5 Å². The van der Waals surface area contributed by atoms with Crippen LogP contribution < -0.4 is 10.6 Å². The molecule has 0 atom stereocenters. The highest BCUT2D eigenvalue weighted by atomic mass is 127. The average Bonchev–Trinajstić information content (AvgIpc) is 3.14. The Hall–Kier alpha value is -1.35. The number of thiazole rings is 1. The summed E-state index contributed by atoms with van der Waals surface area (Å²) in [6.45, 7) is 6.49. The van der Waals surface area contributed by atoms with Gasteiger partial charge in [-0.1, -0.05) is 31.2 Å². The van der Waals surface area contributed by atoms with E-state index in [2.05, 4.69) is 51.0 Å². The number of aromatic nitrogens is 1. The Morgan fingerprint density at radius 1 is 1.21 bits per heavy atom. The lowest BCUT2D eigenvalue weighted by atomic mass is 10.1. The molecule has 0 spiro atoms. The van der Waals surface area contributed by atoms with Crippen LogP contribution in [0.5, 0.6) is 0 Å². The number of hydrogen-bond donors (Lipinski definition) is 1. The number of aryl methyl sites for hydroxylation is 1. The third-order valence-electron chi connectivity index (χ3n) is 4.20. The van der Waals surface area contributed by atoms with Crippen LogP contribution >= 0.6 is 35.3 Å². The van der Waals surface area contributed by atoms with Gasteiger partial charge in [-0.3, -0.25) is 0 Å². The summed E-state index contributed by atoms with van der Waals surface area (Å²) in [5.41, 5.74) is 8.80. The first-order valence-corrected chi connectivity index (χ1v) is 8.92. The number of piperazine rings is 1. The largest absolute Gasteiger partial charge is 0.370 e. The minimum absolute atomic E-state index is 0. The van der Waals surface area contributed by atoms with Gasteiger partial charge in [0.2, 0.25) is 0 Å². The number of guanidine groups is 1. The van der Waals surface area contributed by atoms with E-state index in [0.29, 0.717) is 12.5 Å². The number of hydrogen-bond acceptors (Lipinski definition) is 4. The maximum absolute atomic E-state index is 6.20. The van der Waals surface area contributed by atoms with Crippen molar-refractivity contribution in [3.05, 3.63) is 47.0 Å². The van der Waals surface area contributed by atoms with Crippen LogP contribution in [0.2, 0.25) is 0 Å². The Kier molecular flexibility index (Phi) is 7.29. The third kappa shape index (κ3) is 4.60. The summed E-state index contributed by atoms with van der Waals surface area (Å²) < 4.78 is 0. The van der Waals surface area contributed by atoms with Gasteiger partial charge in [0.15, 0.2) is 11.1 Å². The molecule has 2 N–H and O–H groups in total. The molecule has 0 radical (unpaired) electrons. The molecular formula is C17H24IN5S. The van der Waals surface area contributed by atoms with Crippen molar-refractivity contribution in [2.45, 2.75) is 19.9 Å². The predicted octanol–water partition coefficient (Wildman–Crippen LogP) is 2.96. The lowest BCUT2D eigenvalue weighted by molar-refractivity contribution is 0.380. The van der Waals surface area contributed by atoms with Gasteiger partial charge in [0, 0.05) is 37.8 Å². The van der Waals surface area contributed by atoms with Crippen molar-refractivity contribution in [1.29, 1.82) is 0 Å². The topological polar surface area (TPSA) is 57.8 Å². The van der Waals surface area contributed by atoms with Crippen LogP contribution in [0, 0.1) is 0 Å². The molecule has 0 bridgehead atoms. The molecular weight excluding hydrogens is 433 g/mol. The van der Waals surface area contributed by atoms with E-state index < -0.39 is 0 Å². The molecule has 0 unspecified atom stereocenters. The van der Waals surface area contributed by atoms with Crippen molar-refractivity contribution >= 4 is 46.4 Å². The standard InChI is InChI=1S/C17H23N5S.HI/c1-2-14-5-3-4-6-15(14)13-20-16(18)21-8-10-22(11-9-21)17-19-7-12-23-17;/h3-7,12H,2,8-11,13H2,1H3,(H2,18,20);1H. The number of anilines is 1. The zero-order chi connectivity index (χ0) is 16.1. The second kappa shape index (κ2) is 9.22. The lowest BCUT2D eigenvalue weighted by Crippen LogP contribution is -2.51. The summed E-state index contributed by atoms with van der Waals surface area (Å²) in [4.78, 5) is 13.4. The Morgan fingerprint density at radius 2 is 1.92 bits per heavy atom. The third-order valence-corrected chi connectivity index (χ3v) is 5.04. The number of nitrogens with two attached hydrogens (primary N) is 1. The van der Waals surface area contributed by atoms with Crippen LogP contribution in [0.1, 0.15) is 18.1 Å². The molecule has 2 heterocycles. The quantitative estimate of drug-likeness (QED) is 0.436. The highest BCUT2D eigenvalue weighted by Gasteiger charge is 2.19. The maximum Gasteiger partial charge on any atom is 0.191 e. The molecule has 3 rings (SSSR count). The fraction of sp³-hybridized carbons (Fsp3) is 0.412. The highest BCUT2D eigenvalue weighted by molar-refractivity contribution is 14.0. The molecule has 1 aromatic carbocycles. The first-order valence-electron chi connectivity index (χ1n) is 8.04. The summed E-state index contributed by atoms with van der Waals surface area (Å²) in [7, 11) is 0. The molecule has 130 valence electrons. The molecule has 0 amide bonds. The van der Waals surface area contributed by atoms with Crippen LogP contribution in [0.3, 0.4) is 0 Å². The molecule has 5 nitrogen and oxygen atoms in total. The summed E-state index contributed by atoms with van der Waals surface area (Å²) in [6.07, 6.45) is 2.88. The van der Waals surface area contributed by atoms with Crippen molar-refractivity contribution < 1.29 is 0 Å². The van der Waals surface area contributed by atoms with E-state index in [9.17, 15) is 0 Å². The van der Waals surface area contributed by atoms with Crippen LogP contribution in [0.15, 0.2) is 40.8 Å². The van der Waals surface area contributed by atoms with Crippen molar-refractivity contribution in [2.75, 3.05) is 31.1 Å². The highest BCUT2D eigenvalue weighted by Crippen LogP contribution is 2.19. The predicted molar refractivity (Wildman–Crippen MR) is 112 cm³/mol. The van der Waals surface area contributed by atoms with Gasteiger partial charge in [-0.25, -0.2) is 9.98 Å². The van der Waals surface area contributed by atoms with Gasteiger partial charge >= 0.3 is 0 Å². The SMILES string of the molecule is CCc1ccccc1CN=C(N)N1CCN(c2nccs2)CC1.I. The summed E-state index contributed by atoms with van der Waals surface area (Å²) >= 11 is 1.69. The average molecular weight is 457 g/mol. The van der Waals surface area contributed by atoms with E-state index in [0.717, 1.165) is 37.7 Å². The lowest BCUT2D eigenvalue weighted by Gasteiger charge is -2.35. The van der Waals surface area contributed by atoms with Gasteiger partial charge in [-0.2, -0.15) is 0 Å².